The third-order valence-electron chi connectivity index (χ3n) is 26.7. The number of fused-ring (bicyclic) bond motifs is 20. The first kappa shape index (κ1) is 85.8. The third-order valence-corrected chi connectivity index (χ3v) is 30.1. The van der Waals surface area contributed by atoms with Crippen LogP contribution in [0.25, 0.3) is 259 Å². The van der Waals surface area contributed by atoms with Crippen molar-refractivity contribution in [2.75, 3.05) is 0 Å². The quantitative estimate of drug-likeness (QED) is 0.108. The number of hydrogen-bond donors (Lipinski definition) is 0. The number of hydrogen-bond acceptors (Lipinski definition) is 12. The Balaban J connectivity index is 0.000000113. The Morgan fingerprint density at radius 2 is 0.521 bits per heavy atom. The number of nitrogens with zero attached hydrogens (tertiary/aromatic N) is 15. The molecule has 0 aliphatic rings. The summed E-state index contributed by atoms with van der Waals surface area (Å²) >= 11 is 5.42. The molecule has 0 N–H and O–H groups in total. The Labute approximate surface area is 836 Å². The first-order valence-electron chi connectivity index (χ1n) is 46.6. The smallest absolute Gasteiger partial charge is 0.211 e. The Hall–Kier alpha value is -19.8. The topological polar surface area (TPSA) is 177 Å². The standard InChI is InChI=1S/3C42H23N5S/c1-44-33-24-28(40-32(25-43)39(26-12-4-2-5-13-26)45-42(46-40)27-14-6-3-7-15-27)20-22-35(33)47-34-18-10-8-17-31(34)38-36(47)23-21-30-29-16-9-11-19-37(29)48-41(30)38;1-44-34-22-28(41-33(25-43)40(26-12-4-2-5-13-26)45-42(46-41)27-14-6-3-7-15-27)20-21-36(34)47-35-18-10-8-16-29(35)31-24-39-32(23-37(31)47)30-17-9-11-19-38(30)48-39;1-44-32-24-28(41-31(25-43)40(26-12-4-2-5-13-26)45-42(46-41)27-14-6-3-7-15-27)20-21-34(32)47-33-18-10-8-16-29(33)38-35(47)22-23-37-39(38)30-17-9-11-19-36(30)48-37/h3*2-24H. The minimum Gasteiger partial charge on any atom is -0.319 e. The molecule has 27 rings (SSSR count). The fraction of sp³-hybridized carbons (Fsp3) is 0. The monoisotopic (exact) mass is 1890 g/mol. The fourth-order valence-electron chi connectivity index (χ4n) is 20.2. The van der Waals surface area contributed by atoms with Crippen LogP contribution in [0.5, 0.6) is 0 Å². The average molecular weight is 1890 g/mol. The molecule has 0 radical (unpaired) electrons. The lowest BCUT2D eigenvalue weighted by Crippen LogP contribution is -2.01. The largest absolute Gasteiger partial charge is 0.319 e. The van der Waals surface area contributed by atoms with Crippen LogP contribution in [0, 0.1) is 53.7 Å². The predicted molar refractivity (Wildman–Crippen MR) is 590 cm³/mol. The molecule has 144 heavy (non-hydrogen) atoms. The SMILES string of the molecule is [C-]#[N+]c1cc(-c2nc(-c3ccccc3)nc(-c3ccccc3)c2C#N)ccc1-n1c2ccccc2c2c3c(ccc21)sc1ccccc13.[C-]#[N+]c1cc(-c2nc(-c3ccccc3)nc(-c3ccccc3)c2C#N)ccc1-n1c2ccccc2c2c3sc4ccccc4c3ccc21.[C-]#[N+]c1cc(-c2nc(-c3ccccc3)nc(-c3ccccc3)c2C#N)ccc1-n1c2ccccc2c2cc3sc4ccccc4c3cc21. The van der Waals surface area contributed by atoms with Gasteiger partial charge in [0.05, 0.1) is 104 Å². The molecule has 0 amide bonds. The Bertz CT molecular complexity index is 10000. The molecule has 0 bridgehead atoms. The molecule has 27 aromatic rings. The van der Waals surface area contributed by atoms with Gasteiger partial charge in [-0.05, 0) is 120 Å². The van der Waals surface area contributed by atoms with Crippen LogP contribution in [0.1, 0.15) is 16.7 Å². The van der Waals surface area contributed by atoms with E-state index in [1.165, 1.54) is 71.3 Å². The fourth-order valence-corrected chi connectivity index (χ4v) is 23.7. The lowest BCUT2D eigenvalue weighted by atomic mass is 9.99. The van der Waals surface area contributed by atoms with Gasteiger partial charge in [0.2, 0.25) is 17.1 Å². The molecule has 9 heterocycles. The van der Waals surface area contributed by atoms with E-state index in [-0.39, 0.29) is 0 Å². The molecule has 0 aliphatic heterocycles. The van der Waals surface area contributed by atoms with Crippen molar-refractivity contribution in [1.29, 1.82) is 15.8 Å². The summed E-state index contributed by atoms with van der Waals surface area (Å²) in [6.07, 6.45) is 0. The number of rotatable bonds is 12. The Morgan fingerprint density at radius 1 is 0.208 bits per heavy atom. The number of para-hydroxylation sites is 3. The van der Waals surface area contributed by atoms with Crippen LogP contribution in [0.15, 0.2) is 419 Å². The molecule has 18 aromatic carbocycles. The van der Waals surface area contributed by atoms with Gasteiger partial charge < -0.3 is 13.7 Å². The van der Waals surface area contributed by atoms with E-state index in [1.807, 2.05) is 266 Å². The number of nitriles is 3. The van der Waals surface area contributed by atoms with Gasteiger partial charge in [-0.25, -0.2) is 44.4 Å². The zero-order chi connectivity index (χ0) is 96.6. The van der Waals surface area contributed by atoms with Crippen LogP contribution in [0.3, 0.4) is 0 Å². The van der Waals surface area contributed by atoms with Crippen molar-refractivity contribution < 1.29 is 0 Å². The zero-order valence-electron chi connectivity index (χ0n) is 76.3. The lowest BCUT2D eigenvalue weighted by molar-refractivity contribution is 1.16. The molecule has 0 saturated carbocycles. The molecular weight excluding hydrogens is 1820 g/mol. The molecule has 0 atom stereocenters. The third kappa shape index (κ3) is 14.6. The molecule has 15 nitrogen and oxygen atoms in total. The van der Waals surface area contributed by atoms with Gasteiger partial charge in [0.25, 0.3) is 0 Å². The van der Waals surface area contributed by atoms with Crippen LogP contribution < -0.4 is 0 Å². The summed E-state index contributed by atoms with van der Waals surface area (Å²) in [6, 6.07) is 147. The molecule has 9 aromatic heterocycles. The minimum atomic E-state index is 0.369. The summed E-state index contributed by atoms with van der Waals surface area (Å²) in [7, 11) is 0. The van der Waals surface area contributed by atoms with Gasteiger partial charge in [-0.3, -0.25) is 0 Å². The summed E-state index contributed by atoms with van der Waals surface area (Å²) in [4.78, 5) is 41.7. The van der Waals surface area contributed by atoms with E-state index in [0.29, 0.717) is 102 Å². The normalized spacial score (nSPS) is 11.3. The molecule has 0 fully saturated rings. The number of aromatic nitrogens is 9. The highest BCUT2D eigenvalue weighted by Gasteiger charge is 2.29. The van der Waals surface area contributed by atoms with Crippen molar-refractivity contribution in [3.63, 3.8) is 0 Å². The van der Waals surface area contributed by atoms with Crippen molar-refractivity contribution in [3.05, 3.63) is 470 Å². The Kier molecular flexibility index (Phi) is 21.4. The van der Waals surface area contributed by atoms with Crippen molar-refractivity contribution in [1.82, 2.24) is 43.6 Å². The van der Waals surface area contributed by atoms with Crippen molar-refractivity contribution >= 4 is 177 Å². The van der Waals surface area contributed by atoms with Gasteiger partial charge >= 0.3 is 0 Å². The second-order valence-corrected chi connectivity index (χ2v) is 37.9. The molecule has 0 aliphatic carbocycles. The molecular formula is C126H69N15S3. The lowest BCUT2D eigenvalue weighted by Gasteiger charge is -2.15. The molecule has 666 valence electrons. The van der Waals surface area contributed by atoms with Gasteiger partial charge in [-0.2, -0.15) is 15.8 Å². The maximum absolute atomic E-state index is 10.5. The van der Waals surface area contributed by atoms with Gasteiger partial charge in [-0.1, -0.05) is 315 Å². The van der Waals surface area contributed by atoms with E-state index in [1.54, 1.807) is 22.7 Å². The van der Waals surface area contributed by atoms with E-state index in [2.05, 4.69) is 210 Å². The van der Waals surface area contributed by atoms with Gasteiger partial charge in [0.15, 0.2) is 17.5 Å². The van der Waals surface area contributed by atoms with Crippen molar-refractivity contribution in [3.8, 4) is 137 Å². The highest BCUT2D eigenvalue weighted by molar-refractivity contribution is 7.27. The van der Waals surface area contributed by atoms with E-state index in [0.717, 1.165) is 105 Å². The van der Waals surface area contributed by atoms with E-state index >= 15 is 0 Å². The van der Waals surface area contributed by atoms with Crippen LogP contribution >= 0.6 is 34.0 Å². The van der Waals surface area contributed by atoms with Crippen molar-refractivity contribution in [2.45, 2.75) is 0 Å². The first-order chi connectivity index (χ1) is 71.2. The van der Waals surface area contributed by atoms with Gasteiger partial charge in [-0.15, -0.1) is 34.0 Å². The van der Waals surface area contributed by atoms with Gasteiger partial charge in [0, 0.05) is 126 Å². The van der Waals surface area contributed by atoms with Crippen LogP contribution in [-0.2, 0) is 0 Å². The summed E-state index contributed by atoms with van der Waals surface area (Å²) in [5, 5.41) is 45.8. The van der Waals surface area contributed by atoms with E-state index in [4.69, 9.17) is 49.6 Å². The number of benzene rings is 18. The van der Waals surface area contributed by atoms with E-state index < -0.39 is 0 Å². The highest BCUT2D eigenvalue weighted by Crippen LogP contribution is 2.51. The maximum atomic E-state index is 10.5. The minimum absolute atomic E-state index is 0.369. The van der Waals surface area contributed by atoms with Gasteiger partial charge in [0.1, 0.15) is 34.9 Å². The average Bonchev–Trinajstić information content (AvgIpc) is 1.56. The second kappa shape index (κ2) is 36.0. The molecule has 0 unspecified atom stereocenters. The second-order valence-electron chi connectivity index (χ2n) is 34.7. The summed E-state index contributed by atoms with van der Waals surface area (Å²) < 4.78 is 14.1. The first-order valence-corrected chi connectivity index (χ1v) is 49.0. The molecule has 0 spiro atoms. The Morgan fingerprint density at radius 3 is 0.938 bits per heavy atom. The number of thiophene rings is 3. The van der Waals surface area contributed by atoms with Crippen LogP contribution in [0.2, 0.25) is 0 Å². The highest BCUT2D eigenvalue weighted by atomic mass is 32.1. The predicted octanol–water partition coefficient (Wildman–Crippen LogP) is 34.1. The van der Waals surface area contributed by atoms with E-state index in [9.17, 15) is 15.8 Å². The van der Waals surface area contributed by atoms with Crippen molar-refractivity contribution in [2.24, 2.45) is 0 Å². The molecule has 0 saturated heterocycles. The molecule has 18 heteroatoms. The maximum Gasteiger partial charge on any atom is 0.211 e. The summed E-state index contributed by atoms with van der Waals surface area (Å²) in [5.41, 5.74) is 21.3. The summed E-state index contributed by atoms with van der Waals surface area (Å²) in [5.74, 6) is 1.56. The van der Waals surface area contributed by atoms with Crippen LogP contribution in [-0.4, -0.2) is 43.6 Å². The summed E-state index contributed by atoms with van der Waals surface area (Å²) in [6.45, 7) is 25.0. The van der Waals surface area contributed by atoms with Crippen LogP contribution in [0.4, 0.5) is 17.1 Å². The zero-order valence-corrected chi connectivity index (χ0v) is 78.7.